The number of benzene rings is 2. The van der Waals surface area contributed by atoms with Crippen LogP contribution in [0.4, 0.5) is 0 Å². The lowest BCUT2D eigenvalue weighted by atomic mass is 9.48. The fourth-order valence-corrected chi connectivity index (χ4v) is 8.50. The average Bonchev–Trinajstić information content (AvgIpc) is 2.89. The lowest BCUT2D eigenvalue weighted by molar-refractivity contribution is -0.134. The Labute approximate surface area is 241 Å². The molecule has 4 bridgehead atoms. The molecule has 4 fully saturated rings. The molecule has 2 aromatic carbocycles. The molecule has 6 heteroatoms. The van der Waals surface area contributed by atoms with Gasteiger partial charge in [-0.3, -0.25) is 0 Å². The van der Waals surface area contributed by atoms with E-state index in [2.05, 4.69) is 63.3 Å². The quantitative estimate of drug-likeness (QED) is 0.107. The zero-order valence-electron chi connectivity index (χ0n) is 25.3. The summed E-state index contributed by atoms with van der Waals surface area (Å²) < 4.78 is 11.9. The maximum absolute atomic E-state index is 11.7. The van der Waals surface area contributed by atoms with E-state index < -0.39 is 8.32 Å². The number of nitrogens with zero attached hydrogens (tertiary/aromatic N) is 1. The molecule has 40 heavy (non-hydrogen) atoms. The van der Waals surface area contributed by atoms with Gasteiger partial charge in [-0.2, -0.15) is 0 Å². The van der Waals surface area contributed by atoms with Crippen molar-refractivity contribution in [1.82, 2.24) is 0 Å². The minimum atomic E-state index is -2.03. The molecule has 6 rings (SSSR count). The number of carbonyl (C=O) groups is 1. The van der Waals surface area contributed by atoms with Gasteiger partial charge in [0.1, 0.15) is 12.9 Å². The number of oxime groups is 1. The van der Waals surface area contributed by atoms with Crippen LogP contribution in [0.1, 0.15) is 76.0 Å². The summed E-state index contributed by atoms with van der Waals surface area (Å²) in [4.78, 5) is 16.7. The number of carbonyl (C=O) groups excluding carboxylic acids is 1. The molecule has 0 N–H and O–H groups in total. The number of hydrogen-bond acceptors (Lipinski definition) is 5. The van der Waals surface area contributed by atoms with Crippen molar-refractivity contribution in [1.29, 1.82) is 0 Å². The second-order valence-corrected chi connectivity index (χ2v) is 18.6. The molecule has 0 atom stereocenters. The first-order valence-electron chi connectivity index (χ1n) is 14.7. The average molecular weight is 560 g/mol. The first kappa shape index (κ1) is 28.7. The fraction of sp³-hybridized carbons (Fsp3) is 0.529. The molecular weight excluding hydrogens is 514 g/mol. The molecule has 0 unspecified atom stereocenters. The van der Waals surface area contributed by atoms with Crippen LogP contribution in [-0.2, 0) is 19.8 Å². The molecule has 0 saturated heterocycles. The van der Waals surface area contributed by atoms with Crippen LogP contribution in [0.3, 0.4) is 0 Å². The van der Waals surface area contributed by atoms with Crippen molar-refractivity contribution in [3.05, 3.63) is 59.2 Å². The molecule has 0 amide bonds. The summed E-state index contributed by atoms with van der Waals surface area (Å²) >= 11 is 0. The van der Waals surface area contributed by atoms with Crippen LogP contribution in [0.25, 0.3) is 17.2 Å². The molecule has 0 radical (unpaired) electrons. The third-order valence-electron chi connectivity index (χ3n) is 10.1. The Bertz CT molecular complexity index is 1280. The highest BCUT2D eigenvalue weighted by Crippen LogP contribution is 2.62. The third kappa shape index (κ3) is 5.65. The van der Waals surface area contributed by atoms with Crippen molar-refractivity contribution < 1.29 is 18.8 Å². The van der Waals surface area contributed by atoms with Crippen molar-refractivity contribution in [2.24, 2.45) is 22.9 Å². The van der Waals surface area contributed by atoms with Crippen LogP contribution >= 0.6 is 0 Å². The van der Waals surface area contributed by atoms with Gasteiger partial charge in [-0.25, -0.2) is 4.79 Å². The monoisotopic (exact) mass is 559 g/mol. The van der Waals surface area contributed by atoms with Gasteiger partial charge in [0, 0.05) is 11.6 Å². The molecule has 0 aromatic heterocycles. The Morgan fingerprint density at radius 1 is 0.975 bits per heavy atom. The van der Waals surface area contributed by atoms with E-state index in [1.807, 2.05) is 12.1 Å². The topological polar surface area (TPSA) is 57.1 Å². The SMILES string of the molecule is CON=Cc1cc(C=CC(=O)OC)ccc1-c1ccc(O[Si](C)(C)C(C)(C)C)c(C23CC4CC(CC(C4)C2)C3)c1. The van der Waals surface area contributed by atoms with Gasteiger partial charge in [0.25, 0.3) is 0 Å². The number of ether oxygens (including phenoxy) is 1. The maximum atomic E-state index is 11.7. The Morgan fingerprint density at radius 2 is 1.62 bits per heavy atom. The van der Waals surface area contributed by atoms with E-state index in [4.69, 9.17) is 14.0 Å². The van der Waals surface area contributed by atoms with Gasteiger partial charge < -0.3 is 14.0 Å². The second kappa shape index (κ2) is 10.8. The Kier molecular flexibility index (Phi) is 7.77. The summed E-state index contributed by atoms with van der Waals surface area (Å²) in [7, 11) is 0.904. The molecule has 5 nitrogen and oxygen atoms in total. The van der Waals surface area contributed by atoms with E-state index in [-0.39, 0.29) is 16.4 Å². The largest absolute Gasteiger partial charge is 0.543 e. The van der Waals surface area contributed by atoms with Gasteiger partial charge in [0.15, 0.2) is 0 Å². The highest BCUT2D eigenvalue weighted by molar-refractivity contribution is 6.74. The molecule has 214 valence electrons. The summed E-state index contributed by atoms with van der Waals surface area (Å²) in [5.41, 5.74) is 5.69. The van der Waals surface area contributed by atoms with Crippen LogP contribution in [0.15, 0.2) is 47.6 Å². The van der Waals surface area contributed by atoms with E-state index in [1.165, 1.54) is 57.3 Å². The number of hydrogen-bond donors (Lipinski definition) is 0. The molecule has 4 saturated carbocycles. The van der Waals surface area contributed by atoms with Crippen LogP contribution < -0.4 is 4.43 Å². The summed E-state index contributed by atoms with van der Waals surface area (Å²) in [6.45, 7) is 11.6. The van der Waals surface area contributed by atoms with Crippen molar-refractivity contribution >= 4 is 26.6 Å². The van der Waals surface area contributed by atoms with E-state index in [0.717, 1.165) is 45.8 Å². The first-order valence-corrected chi connectivity index (χ1v) is 17.6. The normalized spacial score (nSPS) is 26.0. The molecule has 4 aliphatic rings. The second-order valence-electron chi connectivity index (χ2n) is 13.9. The highest BCUT2D eigenvalue weighted by atomic mass is 28.4. The van der Waals surface area contributed by atoms with Gasteiger partial charge >= 0.3 is 5.97 Å². The molecule has 0 spiro atoms. The van der Waals surface area contributed by atoms with Crippen LogP contribution in [0.5, 0.6) is 5.75 Å². The van der Waals surface area contributed by atoms with Crippen LogP contribution in [0, 0.1) is 17.8 Å². The lowest BCUT2D eigenvalue weighted by Crippen LogP contribution is -2.49. The summed E-state index contributed by atoms with van der Waals surface area (Å²) in [6, 6.07) is 13.0. The first-order chi connectivity index (χ1) is 18.9. The zero-order chi connectivity index (χ0) is 28.7. The minimum Gasteiger partial charge on any atom is -0.543 e. The van der Waals surface area contributed by atoms with Gasteiger partial charge in [-0.15, -0.1) is 0 Å². The van der Waals surface area contributed by atoms with Crippen molar-refractivity contribution in [3.8, 4) is 16.9 Å². The number of rotatable bonds is 8. The summed E-state index contributed by atoms with van der Waals surface area (Å²) in [5, 5.41) is 4.22. The lowest BCUT2D eigenvalue weighted by Gasteiger charge is -2.57. The smallest absolute Gasteiger partial charge is 0.330 e. The molecule has 0 aliphatic heterocycles. The molecule has 4 aliphatic carbocycles. The van der Waals surface area contributed by atoms with Crippen molar-refractivity contribution in [3.63, 3.8) is 0 Å². The Balaban J connectivity index is 1.61. The standard InChI is InChI=1S/C34H45NO4Si/c1-33(2,3)40(6,7)39-31-12-10-27(18-30(31)34-19-24-14-25(20-34)16-26(15-24)21-34)29-11-8-23(9-13-32(36)37-4)17-28(29)22-35-38-5/h8-13,17-18,22,24-26H,14-16,19-21H2,1-7H3. The van der Waals surface area contributed by atoms with E-state index in [1.54, 1.807) is 19.4 Å². The number of esters is 1. The third-order valence-corrected chi connectivity index (χ3v) is 14.4. The van der Waals surface area contributed by atoms with Crippen LogP contribution in [-0.4, -0.2) is 34.7 Å². The predicted octanol–water partition coefficient (Wildman–Crippen LogP) is 8.37. The van der Waals surface area contributed by atoms with Gasteiger partial charge in [0.05, 0.1) is 13.3 Å². The molecule has 2 aromatic rings. The Morgan fingerprint density at radius 3 is 2.20 bits per heavy atom. The van der Waals surface area contributed by atoms with Gasteiger partial charge in [-0.05, 0) is 126 Å². The van der Waals surface area contributed by atoms with E-state index in [9.17, 15) is 4.79 Å². The number of methoxy groups -OCH3 is 1. The van der Waals surface area contributed by atoms with E-state index in [0.29, 0.717) is 0 Å². The predicted molar refractivity (Wildman–Crippen MR) is 165 cm³/mol. The van der Waals surface area contributed by atoms with Crippen molar-refractivity contribution in [2.45, 2.75) is 82.8 Å². The van der Waals surface area contributed by atoms with Gasteiger partial charge in [0.2, 0.25) is 8.32 Å². The van der Waals surface area contributed by atoms with Crippen molar-refractivity contribution in [2.75, 3.05) is 14.2 Å². The summed E-state index contributed by atoms with van der Waals surface area (Å²) in [6.07, 6.45) is 13.0. The van der Waals surface area contributed by atoms with E-state index >= 15 is 0 Å². The molecule has 0 heterocycles. The van der Waals surface area contributed by atoms with Crippen LogP contribution in [0.2, 0.25) is 18.1 Å². The minimum absolute atomic E-state index is 0.127. The Hall–Kier alpha value is -2.86. The van der Waals surface area contributed by atoms with Gasteiger partial charge in [-0.1, -0.05) is 44.1 Å². The highest BCUT2D eigenvalue weighted by Gasteiger charge is 2.53. The zero-order valence-corrected chi connectivity index (χ0v) is 26.3. The summed E-state index contributed by atoms with van der Waals surface area (Å²) in [5.74, 6) is 3.26. The fourth-order valence-electron chi connectivity index (χ4n) is 7.47. The maximum Gasteiger partial charge on any atom is 0.330 e. The molecular formula is C34H45NO4Si.